The Labute approximate surface area is 106 Å². The summed E-state index contributed by atoms with van der Waals surface area (Å²) >= 11 is 0. The minimum atomic E-state index is -3.61. The van der Waals surface area contributed by atoms with Crippen molar-refractivity contribution in [3.8, 4) is 0 Å². The number of rotatable bonds is 5. The number of carbonyl (C=O) groups excluding carboxylic acids is 1. The molecule has 0 aromatic carbocycles. The Morgan fingerprint density at radius 3 is 2.50 bits per heavy atom. The predicted octanol–water partition coefficient (Wildman–Crippen LogP) is -0.326. The number of nitrogens with zero attached hydrogens (tertiary/aromatic N) is 1. The zero-order chi connectivity index (χ0) is 13.9. The van der Waals surface area contributed by atoms with Gasteiger partial charge in [-0.25, -0.2) is 8.42 Å². The Kier molecular flexibility index (Phi) is 4.69. The molecule has 2 atom stereocenters. The number of carbonyl (C=O) groups is 2. The maximum absolute atomic E-state index is 12.0. The molecule has 0 spiro atoms. The summed E-state index contributed by atoms with van der Waals surface area (Å²) in [6, 6.07) is -0.579. The summed E-state index contributed by atoms with van der Waals surface area (Å²) in [6.45, 7) is 1.75. The van der Waals surface area contributed by atoms with Gasteiger partial charge in [-0.3, -0.25) is 9.59 Å². The first kappa shape index (κ1) is 14.9. The van der Waals surface area contributed by atoms with E-state index >= 15 is 0 Å². The molecule has 1 aliphatic heterocycles. The molecule has 1 heterocycles. The average molecular weight is 279 g/mol. The highest BCUT2D eigenvalue weighted by Crippen LogP contribution is 2.27. The van der Waals surface area contributed by atoms with Crippen molar-refractivity contribution < 1.29 is 27.9 Å². The lowest BCUT2D eigenvalue weighted by Gasteiger charge is -2.22. The molecule has 0 aliphatic carbocycles. The van der Waals surface area contributed by atoms with Crippen LogP contribution in [0.1, 0.15) is 19.8 Å². The molecule has 2 unspecified atom stereocenters. The number of esters is 1. The third kappa shape index (κ3) is 3.20. The van der Waals surface area contributed by atoms with E-state index in [2.05, 4.69) is 4.74 Å². The van der Waals surface area contributed by atoms with E-state index in [1.807, 2.05) is 0 Å². The molecule has 1 rings (SSSR count). The van der Waals surface area contributed by atoms with Gasteiger partial charge in [-0.2, -0.15) is 4.31 Å². The predicted molar refractivity (Wildman–Crippen MR) is 62.3 cm³/mol. The number of carboxylic acids is 1. The van der Waals surface area contributed by atoms with Crippen LogP contribution in [0.2, 0.25) is 0 Å². The molecule has 0 aromatic heterocycles. The van der Waals surface area contributed by atoms with Crippen molar-refractivity contribution in [2.24, 2.45) is 5.92 Å². The standard InChI is InChI=1S/C10H17NO6S/c1-7-8(10(13)14)3-5-11(7)18(15,16)6-4-9(12)17-2/h7-8H,3-6H2,1-2H3,(H,13,14). The number of aliphatic carboxylic acids is 1. The summed E-state index contributed by atoms with van der Waals surface area (Å²) in [6.07, 6.45) is 0.0771. The highest BCUT2D eigenvalue weighted by atomic mass is 32.2. The normalized spacial score (nSPS) is 25.0. The van der Waals surface area contributed by atoms with Crippen molar-refractivity contribution in [1.29, 1.82) is 0 Å². The lowest BCUT2D eigenvalue weighted by molar-refractivity contribution is -0.142. The van der Waals surface area contributed by atoms with Crippen molar-refractivity contribution in [2.75, 3.05) is 19.4 Å². The summed E-state index contributed by atoms with van der Waals surface area (Å²) in [5.74, 6) is -2.62. The van der Waals surface area contributed by atoms with Crippen molar-refractivity contribution >= 4 is 22.0 Å². The van der Waals surface area contributed by atoms with Gasteiger partial charge >= 0.3 is 11.9 Å². The van der Waals surface area contributed by atoms with E-state index < -0.39 is 33.9 Å². The first-order chi connectivity index (χ1) is 8.29. The van der Waals surface area contributed by atoms with Gasteiger partial charge in [0.1, 0.15) is 0 Å². The van der Waals surface area contributed by atoms with Crippen molar-refractivity contribution in [1.82, 2.24) is 4.31 Å². The Bertz CT molecular complexity index is 432. The van der Waals surface area contributed by atoms with Crippen LogP contribution in [0, 0.1) is 5.92 Å². The lowest BCUT2D eigenvalue weighted by atomic mass is 10.0. The van der Waals surface area contributed by atoms with E-state index in [0.717, 1.165) is 4.31 Å². The Balaban J connectivity index is 2.70. The zero-order valence-electron chi connectivity index (χ0n) is 10.3. The number of hydrogen-bond acceptors (Lipinski definition) is 5. The van der Waals surface area contributed by atoms with Crippen molar-refractivity contribution in [3.63, 3.8) is 0 Å². The number of methoxy groups -OCH3 is 1. The van der Waals surface area contributed by atoms with Gasteiger partial charge in [-0.05, 0) is 13.3 Å². The van der Waals surface area contributed by atoms with Crippen LogP contribution < -0.4 is 0 Å². The first-order valence-corrected chi connectivity index (χ1v) is 7.19. The smallest absolute Gasteiger partial charge is 0.308 e. The van der Waals surface area contributed by atoms with E-state index in [1.165, 1.54) is 7.11 Å². The SMILES string of the molecule is COC(=O)CCS(=O)(=O)N1CCC(C(=O)O)C1C. The maximum Gasteiger partial charge on any atom is 0.308 e. The van der Waals surface area contributed by atoms with Crippen LogP contribution in [0.4, 0.5) is 0 Å². The van der Waals surface area contributed by atoms with Gasteiger partial charge in [0, 0.05) is 12.6 Å². The summed E-state index contributed by atoms with van der Waals surface area (Å²) in [5, 5.41) is 8.93. The van der Waals surface area contributed by atoms with Crippen LogP contribution in [-0.2, 0) is 24.3 Å². The van der Waals surface area contributed by atoms with E-state index in [4.69, 9.17) is 5.11 Å². The highest BCUT2D eigenvalue weighted by Gasteiger charge is 2.41. The fourth-order valence-electron chi connectivity index (χ4n) is 2.07. The third-order valence-corrected chi connectivity index (χ3v) is 5.11. The molecule has 1 saturated heterocycles. The number of carboxylic acid groups (broad SMARTS) is 1. The third-order valence-electron chi connectivity index (χ3n) is 3.16. The molecular formula is C10H17NO6S. The van der Waals surface area contributed by atoms with E-state index in [-0.39, 0.29) is 18.7 Å². The summed E-state index contributed by atoms with van der Waals surface area (Å²) in [4.78, 5) is 21.8. The van der Waals surface area contributed by atoms with Gasteiger partial charge in [0.25, 0.3) is 0 Å². The van der Waals surface area contributed by atoms with Gasteiger partial charge < -0.3 is 9.84 Å². The quantitative estimate of drug-likeness (QED) is 0.692. The molecule has 18 heavy (non-hydrogen) atoms. The van der Waals surface area contributed by atoms with Crippen LogP contribution in [0.25, 0.3) is 0 Å². The Hall–Kier alpha value is -1.15. The maximum atomic E-state index is 12.0. The fraction of sp³-hybridized carbons (Fsp3) is 0.800. The molecule has 0 bridgehead atoms. The minimum Gasteiger partial charge on any atom is -0.481 e. The zero-order valence-corrected chi connectivity index (χ0v) is 11.1. The van der Waals surface area contributed by atoms with Crippen LogP contribution in [-0.4, -0.2) is 55.2 Å². The van der Waals surface area contributed by atoms with Crippen molar-refractivity contribution in [3.05, 3.63) is 0 Å². The van der Waals surface area contributed by atoms with Gasteiger partial charge in [0.05, 0.1) is 25.2 Å². The van der Waals surface area contributed by atoms with Crippen LogP contribution in [0.15, 0.2) is 0 Å². The molecule has 1 fully saturated rings. The molecule has 0 aromatic rings. The van der Waals surface area contributed by atoms with E-state index in [9.17, 15) is 18.0 Å². The average Bonchev–Trinajstić information content (AvgIpc) is 2.68. The fourth-order valence-corrected chi connectivity index (χ4v) is 3.76. The molecule has 0 radical (unpaired) electrons. The second-order valence-electron chi connectivity index (χ2n) is 4.23. The number of ether oxygens (including phenoxy) is 1. The summed E-state index contributed by atoms with van der Waals surface area (Å²) in [5.41, 5.74) is 0. The van der Waals surface area contributed by atoms with Crippen LogP contribution in [0.3, 0.4) is 0 Å². The number of sulfonamides is 1. The van der Waals surface area contributed by atoms with Gasteiger partial charge in [0.15, 0.2) is 0 Å². The monoisotopic (exact) mass is 279 g/mol. The van der Waals surface area contributed by atoms with Crippen molar-refractivity contribution in [2.45, 2.75) is 25.8 Å². The Morgan fingerprint density at radius 2 is 2.06 bits per heavy atom. The van der Waals surface area contributed by atoms with Crippen LogP contribution in [0.5, 0.6) is 0 Å². The van der Waals surface area contributed by atoms with Gasteiger partial charge in [0.2, 0.25) is 10.0 Å². The van der Waals surface area contributed by atoms with E-state index in [1.54, 1.807) is 6.92 Å². The second kappa shape index (κ2) is 5.66. The van der Waals surface area contributed by atoms with Crippen LogP contribution >= 0.6 is 0 Å². The highest BCUT2D eigenvalue weighted by molar-refractivity contribution is 7.89. The van der Waals surface area contributed by atoms with Gasteiger partial charge in [-0.1, -0.05) is 0 Å². The molecule has 0 saturated carbocycles. The van der Waals surface area contributed by atoms with Gasteiger partial charge in [-0.15, -0.1) is 0 Å². The molecule has 7 nitrogen and oxygen atoms in total. The number of hydrogen-bond donors (Lipinski definition) is 1. The topological polar surface area (TPSA) is 101 Å². The lowest BCUT2D eigenvalue weighted by Crippen LogP contribution is -2.39. The summed E-state index contributed by atoms with van der Waals surface area (Å²) in [7, 11) is -2.42. The second-order valence-corrected chi connectivity index (χ2v) is 6.27. The molecule has 1 N–H and O–H groups in total. The molecule has 8 heteroatoms. The van der Waals surface area contributed by atoms with E-state index in [0.29, 0.717) is 6.42 Å². The molecule has 0 amide bonds. The first-order valence-electron chi connectivity index (χ1n) is 5.58. The Morgan fingerprint density at radius 1 is 1.44 bits per heavy atom. The molecular weight excluding hydrogens is 262 g/mol. The minimum absolute atomic E-state index is 0.182. The molecule has 104 valence electrons. The summed E-state index contributed by atoms with van der Waals surface area (Å²) < 4.78 is 29.5. The largest absolute Gasteiger partial charge is 0.481 e. The molecule has 1 aliphatic rings.